The van der Waals surface area contributed by atoms with E-state index in [2.05, 4.69) is 17.6 Å². The van der Waals surface area contributed by atoms with Gasteiger partial charge in [-0.1, -0.05) is 31.2 Å². The van der Waals surface area contributed by atoms with Crippen molar-refractivity contribution in [1.82, 2.24) is 15.1 Å². The van der Waals surface area contributed by atoms with Gasteiger partial charge in [0.05, 0.1) is 13.0 Å². The molecule has 0 aromatic heterocycles. The molecule has 1 fully saturated rings. The summed E-state index contributed by atoms with van der Waals surface area (Å²) in [4.78, 5) is 42.6. The Balaban J connectivity index is 1.39. The van der Waals surface area contributed by atoms with Crippen molar-refractivity contribution in [2.75, 3.05) is 58.9 Å². The number of hydrogen-bond donors (Lipinski definition) is 2. The molecule has 0 spiro atoms. The number of fused-ring (bicyclic) bond motifs is 1. The number of carbonyl (C=O) groups excluding carboxylic acids is 3. The highest BCUT2D eigenvalue weighted by atomic mass is 16.6. The van der Waals surface area contributed by atoms with E-state index in [1.165, 1.54) is 0 Å². The average molecular weight is 595 g/mol. The first kappa shape index (κ1) is 32.3. The van der Waals surface area contributed by atoms with Crippen LogP contribution in [-0.2, 0) is 20.7 Å². The molecule has 3 amide bonds. The Morgan fingerprint density at radius 1 is 1.05 bits per heavy atom. The number of ether oxygens (including phenoxy) is 3. The Bertz CT molecular complexity index is 1270. The quantitative estimate of drug-likeness (QED) is 0.329. The maximum Gasteiger partial charge on any atom is 0.410 e. The first-order valence-electron chi connectivity index (χ1n) is 15.3. The fourth-order valence-electron chi connectivity index (χ4n) is 5.78. The lowest BCUT2D eigenvalue weighted by atomic mass is 9.94. The lowest BCUT2D eigenvalue weighted by molar-refractivity contribution is -0.118. The summed E-state index contributed by atoms with van der Waals surface area (Å²) in [5, 5.41) is 6.28. The summed E-state index contributed by atoms with van der Waals surface area (Å²) in [6.07, 6.45) is 0.588. The molecule has 10 nitrogen and oxygen atoms in total. The molecule has 2 aliphatic heterocycles. The SMILES string of the molecule is CCc1ccc(C(=O)N(C[C@@H]2CNC[C@H]2CN(C)C(=O)O[C@@H]2CC(=O)Nc3ccccc32)C(C)C)cc1OCCCOC. The second-order valence-corrected chi connectivity index (χ2v) is 11.7. The highest BCUT2D eigenvalue weighted by Crippen LogP contribution is 2.33. The standard InChI is InChI=1S/C33H46N4O6/c1-6-23-12-13-24(16-29(23)42-15-9-14-41-5)32(39)37(22(2)3)21-26-19-34-18-25(26)20-36(4)33(40)43-30-17-31(38)35-28-11-8-7-10-27(28)30/h7-8,10-13,16,22,25-26,30,34H,6,9,14-15,17-21H2,1-5H3,(H,35,38)/t25-,26-,30+/m0/s1. The smallest absolute Gasteiger partial charge is 0.410 e. The van der Waals surface area contributed by atoms with E-state index < -0.39 is 12.2 Å². The molecule has 0 unspecified atom stereocenters. The summed E-state index contributed by atoms with van der Waals surface area (Å²) in [6.45, 7) is 9.80. The number of hydrogen-bond acceptors (Lipinski definition) is 7. The van der Waals surface area contributed by atoms with E-state index in [4.69, 9.17) is 14.2 Å². The highest BCUT2D eigenvalue weighted by Gasteiger charge is 2.34. The summed E-state index contributed by atoms with van der Waals surface area (Å²) in [6, 6.07) is 13.1. The monoisotopic (exact) mass is 594 g/mol. The minimum Gasteiger partial charge on any atom is -0.493 e. The molecule has 234 valence electrons. The molecule has 2 aliphatic rings. The van der Waals surface area contributed by atoms with Crippen molar-refractivity contribution in [3.8, 4) is 5.75 Å². The molecule has 2 aromatic carbocycles. The number of benzene rings is 2. The van der Waals surface area contributed by atoms with Crippen LogP contribution in [-0.4, -0.2) is 87.3 Å². The molecule has 2 heterocycles. The number of methoxy groups -OCH3 is 1. The predicted octanol–water partition coefficient (Wildman–Crippen LogP) is 4.50. The van der Waals surface area contributed by atoms with E-state index >= 15 is 0 Å². The Morgan fingerprint density at radius 3 is 2.51 bits per heavy atom. The molecule has 4 rings (SSSR count). The fraction of sp³-hybridized carbons (Fsp3) is 0.545. The molecule has 3 atom stereocenters. The third-order valence-electron chi connectivity index (χ3n) is 8.26. The van der Waals surface area contributed by atoms with Crippen LogP contribution in [0.4, 0.5) is 10.5 Å². The van der Waals surface area contributed by atoms with Crippen LogP contribution >= 0.6 is 0 Å². The van der Waals surface area contributed by atoms with Crippen LogP contribution in [0, 0.1) is 11.8 Å². The summed E-state index contributed by atoms with van der Waals surface area (Å²) in [5.74, 6) is 0.823. The molecule has 43 heavy (non-hydrogen) atoms. The Labute approximate surface area is 255 Å². The average Bonchev–Trinajstić information content (AvgIpc) is 3.43. The van der Waals surface area contributed by atoms with Crippen molar-refractivity contribution in [2.24, 2.45) is 11.8 Å². The molecule has 0 radical (unpaired) electrons. The second kappa shape index (κ2) is 15.2. The van der Waals surface area contributed by atoms with E-state index in [0.717, 1.165) is 42.8 Å². The van der Waals surface area contributed by atoms with Crippen molar-refractivity contribution in [1.29, 1.82) is 0 Å². The van der Waals surface area contributed by atoms with Crippen molar-refractivity contribution in [2.45, 2.75) is 52.2 Å². The molecular formula is C33H46N4O6. The van der Waals surface area contributed by atoms with Crippen LogP contribution in [0.3, 0.4) is 0 Å². The van der Waals surface area contributed by atoms with Crippen LogP contribution in [0.25, 0.3) is 0 Å². The van der Waals surface area contributed by atoms with Gasteiger partial charge < -0.3 is 34.6 Å². The van der Waals surface area contributed by atoms with Crippen LogP contribution in [0.5, 0.6) is 5.75 Å². The van der Waals surface area contributed by atoms with Gasteiger partial charge in [-0.2, -0.15) is 0 Å². The maximum absolute atomic E-state index is 13.8. The van der Waals surface area contributed by atoms with Gasteiger partial charge in [-0.05, 0) is 55.9 Å². The molecular weight excluding hydrogens is 548 g/mol. The molecule has 1 saturated heterocycles. The first-order valence-corrected chi connectivity index (χ1v) is 15.3. The molecule has 0 saturated carbocycles. The van der Waals surface area contributed by atoms with Gasteiger partial charge >= 0.3 is 6.09 Å². The molecule has 2 aromatic rings. The second-order valence-electron chi connectivity index (χ2n) is 11.7. The van der Waals surface area contributed by atoms with Crippen molar-refractivity contribution in [3.05, 3.63) is 59.2 Å². The number of nitrogens with one attached hydrogen (secondary N) is 2. The van der Waals surface area contributed by atoms with Gasteiger partial charge in [0.1, 0.15) is 11.9 Å². The largest absolute Gasteiger partial charge is 0.493 e. The molecule has 2 N–H and O–H groups in total. The zero-order valence-corrected chi connectivity index (χ0v) is 26.1. The summed E-state index contributed by atoms with van der Waals surface area (Å²) < 4.78 is 17.0. The van der Waals surface area contributed by atoms with E-state index in [9.17, 15) is 14.4 Å². The van der Waals surface area contributed by atoms with Crippen LogP contribution < -0.4 is 15.4 Å². The van der Waals surface area contributed by atoms with E-state index in [0.29, 0.717) is 37.6 Å². The van der Waals surface area contributed by atoms with Gasteiger partial charge in [-0.25, -0.2) is 4.79 Å². The Kier molecular flexibility index (Phi) is 11.4. The van der Waals surface area contributed by atoms with Crippen molar-refractivity contribution < 1.29 is 28.6 Å². The zero-order valence-electron chi connectivity index (χ0n) is 26.1. The predicted molar refractivity (Wildman–Crippen MR) is 165 cm³/mol. The Hall–Kier alpha value is -3.63. The van der Waals surface area contributed by atoms with Gasteiger partial charge in [-0.15, -0.1) is 0 Å². The summed E-state index contributed by atoms with van der Waals surface area (Å²) in [7, 11) is 3.39. The minimum atomic E-state index is -0.626. The van der Waals surface area contributed by atoms with Crippen molar-refractivity contribution >= 4 is 23.6 Å². The molecule has 10 heteroatoms. The van der Waals surface area contributed by atoms with Crippen LogP contribution in [0.2, 0.25) is 0 Å². The van der Waals surface area contributed by atoms with Crippen LogP contribution in [0.15, 0.2) is 42.5 Å². The van der Waals surface area contributed by atoms with E-state index in [-0.39, 0.29) is 36.1 Å². The molecule has 0 aliphatic carbocycles. The summed E-state index contributed by atoms with van der Waals surface area (Å²) >= 11 is 0. The maximum atomic E-state index is 13.8. The minimum absolute atomic E-state index is 0.00844. The molecule has 0 bridgehead atoms. The third-order valence-corrected chi connectivity index (χ3v) is 8.26. The van der Waals surface area contributed by atoms with Gasteiger partial charge in [0.15, 0.2) is 0 Å². The number of aryl methyl sites for hydroxylation is 1. The number of para-hydroxylation sites is 1. The van der Waals surface area contributed by atoms with Gasteiger partial charge in [-0.3, -0.25) is 9.59 Å². The Morgan fingerprint density at radius 2 is 1.79 bits per heavy atom. The fourth-order valence-corrected chi connectivity index (χ4v) is 5.78. The number of rotatable bonds is 13. The number of carbonyl (C=O) groups is 3. The van der Waals surface area contributed by atoms with Crippen LogP contribution in [0.1, 0.15) is 61.2 Å². The van der Waals surface area contributed by atoms with E-state index in [1.807, 2.05) is 61.2 Å². The van der Waals surface area contributed by atoms with Gasteiger partial charge in [0.2, 0.25) is 5.91 Å². The lowest BCUT2D eigenvalue weighted by Gasteiger charge is -2.33. The topological polar surface area (TPSA) is 109 Å². The normalized spacial score (nSPS) is 19.5. The van der Waals surface area contributed by atoms with Gasteiger partial charge in [0.25, 0.3) is 5.91 Å². The van der Waals surface area contributed by atoms with Crippen molar-refractivity contribution in [3.63, 3.8) is 0 Å². The first-order chi connectivity index (χ1) is 20.7. The third kappa shape index (κ3) is 8.26. The van der Waals surface area contributed by atoms with E-state index in [1.54, 1.807) is 19.1 Å². The zero-order chi connectivity index (χ0) is 30.9. The summed E-state index contributed by atoms with van der Waals surface area (Å²) in [5.41, 5.74) is 3.14. The number of nitrogens with zero attached hydrogens (tertiary/aromatic N) is 2. The lowest BCUT2D eigenvalue weighted by Crippen LogP contribution is -2.44. The highest BCUT2D eigenvalue weighted by molar-refractivity contribution is 5.95. The number of anilines is 1. The van der Waals surface area contributed by atoms with Gasteiger partial charge in [0, 0.05) is 76.2 Å². The number of amides is 3.